The van der Waals surface area contributed by atoms with Gasteiger partial charge in [0.1, 0.15) is 6.10 Å². The maximum atomic E-state index is 12.7. The van der Waals surface area contributed by atoms with Crippen molar-refractivity contribution >= 4 is 11.6 Å². The fourth-order valence-electron chi connectivity index (χ4n) is 2.48. The second-order valence-corrected chi connectivity index (χ2v) is 5.27. The van der Waals surface area contributed by atoms with E-state index in [2.05, 4.69) is 0 Å². The Labute approximate surface area is 148 Å². The molecule has 0 fully saturated rings. The minimum absolute atomic E-state index is 0.0827. The second-order valence-electron chi connectivity index (χ2n) is 5.27. The average molecular weight is 369 g/mol. The van der Waals surface area contributed by atoms with Crippen molar-refractivity contribution in [3.8, 4) is 11.5 Å². The van der Waals surface area contributed by atoms with Crippen molar-refractivity contribution < 1.29 is 32.2 Å². The Morgan fingerprint density at radius 3 is 2.08 bits per heavy atom. The normalized spacial score (nSPS) is 12.4. The van der Waals surface area contributed by atoms with E-state index in [9.17, 15) is 18.0 Å². The van der Waals surface area contributed by atoms with E-state index < -0.39 is 18.2 Å². The molecule has 1 unspecified atom stereocenters. The van der Waals surface area contributed by atoms with Gasteiger partial charge in [0.05, 0.1) is 19.9 Å². The van der Waals surface area contributed by atoms with E-state index >= 15 is 0 Å². The number of hydrogen-bond acceptors (Lipinski definition) is 4. The van der Waals surface area contributed by atoms with Gasteiger partial charge in [0.15, 0.2) is 11.5 Å². The predicted molar refractivity (Wildman–Crippen MR) is 89.5 cm³/mol. The first-order chi connectivity index (χ1) is 12.3. The molecule has 140 valence electrons. The van der Waals surface area contributed by atoms with Crippen LogP contribution in [-0.2, 0) is 9.53 Å². The van der Waals surface area contributed by atoms with Gasteiger partial charge >= 0.3 is 12.1 Å². The molecule has 0 heterocycles. The third kappa shape index (κ3) is 4.26. The van der Waals surface area contributed by atoms with Crippen molar-refractivity contribution in [2.45, 2.75) is 12.3 Å². The van der Waals surface area contributed by atoms with Gasteiger partial charge in [0.25, 0.3) is 0 Å². The molecule has 0 saturated heterocycles. The van der Waals surface area contributed by atoms with Crippen LogP contribution in [0.15, 0.2) is 42.5 Å². The summed E-state index contributed by atoms with van der Waals surface area (Å²) in [5.41, 5.74) is 0.916. The number of ether oxygens (including phenoxy) is 3. The molecule has 2 aromatic carbocycles. The number of carbonyl (C=O) groups excluding carboxylic acids is 1. The number of methoxy groups -OCH3 is 3. The Hall–Kier alpha value is -2.74. The Bertz CT molecular complexity index is 763. The number of hydrogen-bond donors (Lipinski definition) is 1. The first-order valence-corrected chi connectivity index (χ1v) is 7.53. The number of rotatable bonds is 6. The van der Waals surface area contributed by atoms with E-state index in [1.807, 2.05) is 5.32 Å². The van der Waals surface area contributed by atoms with Crippen molar-refractivity contribution in [3.63, 3.8) is 0 Å². The quantitative estimate of drug-likeness (QED) is 0.838. The molecular weight excluding hydrogens is 351 g/mol. The molecule has 0 spiro atoms. The van der Waals surface area contributed by atoms with Crippen LogP contribution in [0.25, 0.3) is 0 Å². The number of halogens is 3. The third-order valence-corrected chi connectivity index (χ3v) is 3.68. The summed E-state index contributed by atoms with van der Waals surface area (Å²) >= 11 is 0. The maximum absolute atomic E-state index is 12.7. The molecule has 1 amide bonds. The molecule has 1 N–H and O–H groups in total. The topological polar surface area (TPSA) is 56.8 Å². The third-order valence-electron chi connectivity index (χ3n) is 3.68. The summed E-state index contributed by atoms with van der Waals surface area (Å²) in [5, 5.41) is 1.88. The number of carbonyl (C=O) groups is 1. The number of alkyl halides is 3. The lowest BCUT2D eigenvalue weighted by atomic mass is 9.98. The van der Waals surface area contributed by atoms with Crippen LogP contribution in [0.2, 0.25) is 0 Å². The lowest BCUT2D eigenvalue weighted by molar-refractivity contribution is -0.167. The van der Waals surface area contributed by atoms with Gasteiger partial charge < -0.3 is 19.5 Å². The first-order valence-electron chi connectivity index (χ1n) is 7.53. The van der Waals surface area contributed by atoms with Crippen molar-refractivity contribution in [3.05, 3.63) is 53.6 Å². The standard InChI is InChI=1S/C18H18F3NO4/c1-24-14-9-12(16(26-3)11-7-5-4-6-8-11)13(10-15(14)25-2)22-17(23)18(19,20)21/h4-10,16H,1-3H3,(H,22,23). The van der Waals surface area contributed by atoms with Crippen LogP contribution in [0.4, 0.5) is 18.9 Å². The zero-order valence-electron chi connectivity index (χ0n) is 14.4. The van der Waals surface area contributed by atoms with E-state index in [0.717, 1.165) is 0 Å². The molecule has 0 bridgehead atoms. The fourth-order valence-corrected chi connectivity index (χ4v) is 2.48. The summed E-state index contributed by atoms with van der Waals surface area (Å²) in [6.07, 6.45) is -5.75. The second kappa shape index (κ2) is 8.09. The number of anilines is 1. The minimum Gasteiger partial charge on any atom is -0.493 e. The van der Waals surface area contributed by atoms with Crippen LogP contribution in [0, 0.1) is 0 Å². The molecule has 5 nitrogen and oxygen atoms in total. The van der Waals surface area contributed by atoms with Gasteiger partial charge in [-0.2, -0.15) is 13.2 Å². The molecule has 2 rings (SSSR count). The summed E-state index contributed by atoms with van der Waals surface area (Å²) in [4.78, 5) is 11.4. The van der Waals surface area contributed by atoms with Gasteiger partial charge in [0.2, 0.25) is 0 Å². The van der Waals surface area contributed by atoms with Gasteiger partial charge in [-0.15, -0.1) is 0 Å². The Morgan fingerprint density at radius 1 is 1.00 bits per heavy atom. The molecule has 26 heavy (non-hydrogen) atoms. The first kappa shape index (κ1) is 19.6. The van der Waals surface area contributed by atoms with Crippen molar-refractivity contribution in [2.24, 2.45) is 0 Å². The monoisotopic (exact) mass is 369 g/mol. The van der Waals surface area contributed by atoms with Crippen LogP contribution in [0.1, 0.15) is 17.2 Å². The van der Waals surface area contributed by atoms with Gasteiger partial charge in [-0.1, -0.05) is 30.3 Å². The molecule has 1 atom stereocenters. The van der Waals surface area contributed by atoms with E-state index in [1.54, 1.807) is 30.3 Å². The molecule has 2 aromatic rings. The van der Waals surface area contributed by atoms with Crippen LogP contribution in [0.5, 0.6) is 11.5 Å². The summed E-state index contributed by atoms with van der Waals surface area (Å²) in [5.74, 6) is -1.61. The summed E-state index contributed by atoms with van der Waals surface area (Å²) < 4.78 is 53.9. The number of amides is 1. The zero-order chi connectivity index (χ0) is 19.3. The molecule has 0 aliphatic heterocycles. The predicted octanol–water partition coefficient (Wildman–Crippen LogP) is 3.94. The van der Waals surface area contributed by atoms with Gasteiger partial charge in [-0.25, -0.2) is 0 Å². The van der Waals surface area contributed by atoms with Crippen LogP contribution in [0.3, 0.4) is 0 Å². The van der Waals surface area contributed by atoms with E-state index in [4.69, 9.17) is 14.2 Å². The Morgan fingerprint density at radius 2 is 1.58 bits per heavy atom. The van der Waals surface area contributed by atoms with Crippen LogP contribution >= 0.6 is 0 Å². The highest BCUT2D eigenvalue weighted by Crippen LogP contribution is 2.39. The highest BCUT2D eigenvalue weighted by atomic mass is 19.4. The smallest absolute Gasteiger partial charge is 0.471 e. The van der Waals surface area contributed by atoms with Crippen LogP contribution in [-0.4, -0.2) is 33.4 Å². The van der Waals surface area contributed by atoms with E-state index in [0.29, 0.717) is 16.9 Å². The van der Waals surface area contributed by atoms with Crippen molar-refractivity contribution in [1.82, 2.24) is 0 Å². The summed E-state index contributed by atoms with van der Waals surface area (Å²) in [6, 6.07) is 11.6. The van der Waals surface area contributed by atoms with E-state index in [1.165, 1.54) is 33.5 Å². The molecule has 0 aliphatic rings. The number of benzene rings is 2. The molecule has 0 radical (unpaired) electrons. The molecule has 0 aromatic heterocycles. The highest BCUT2D eigenvalue weighted by Gasteiger charge is 2.39. The lowest BCUT2D eigenvalue weighted by Gasteiger charge is -2.22. The highest BCUT2D eigenvalue weighted by molar-refractivity contribution is 5.96. The maximum Gasteiger partial charge on any atom is 0.471 e. The molecule has 0 aliphatic carbocycles. The molecule has 0 saturated carbocycles. The largest absolute Gasteiger partial charge is 0.493 e. The summed E-state index contributed by atoms with van der Waals surface area (Å²) in [6.45, 7) is 0. The fraction of sp³-hybridized carbons (Fsp3) is 0.278. The minimum atomic E-state index is -5.03. The lowest BCUT2D eigenvalue weighted by Crippen LogP contribution is -2.30. The van der Waals surface area contributed by atoms with Gasteiger partial charge in [0, 0.05) is 18.7 Å². The van der Waals surface area contributed by atoms with Crippen LogP contribution < -0.4 is 14.8 Å². The summed E-state index contributed by atoms with van der Waals surface area (Å²) in [7, 11) is 4.17. The van der Waals surface area contributed by atoms with Gasteiger partial charge in [-0.05, 0) is 11.6 Å². The Balaban J connectivity index is 2.59. The average Bonchev–Trinajstić information content (AvgIpc) is 2.63. The van der Waals surface area contributed by atoms with Crippen molar-refractivity contribution in [2.75, 3.05) is 26.6 Å². The molecular formula is C18H18F3NO4. The van der Waals surface area contributed by atoms with E-state index in [-0.39, 0.29) is 11.4 Å². The molecule has 8 heteroatoms. The number of nitrogens with one attached hydrogen (secondary N) is 1. The Kier molecular flexibility index (Phi) is 6.10. The SMILES string of the molecule is COc1cc(NC(=O)C(F)(F)F)c(C(OC)c2ccccc2)cc1OC. The van der Waals surface area contributed by atoms with Crippen molar-refractivity contribution in [1.29, 1.82) is 0 Å². The zero-order valence-corrected chi connectivity index (χ0v) is 14.4. The van der Waals surface area contributed by atoms with Gasteiger partial charge in [-0.3, -0.25) is 4.79 Å².